The summed E-state index contributed by atoms with van der Waals surface area (Å²) in [6.45, 7) is 4.32. The van der Waals surface area contributed by atoms with Gasteiger partial charge in [-0.1, -0.05) is 38.1 Å². The summed E-state index contributed by atoms with van der Waals surface area (Å²) >= 11 is 0. The third kappa shape index (κ3) is 7.08. The maximum Gasteiger partial charge on any atom is 0.193 e. The van der Waals surface area contributed by atoms with Gasteiger partial charge in [-0.05, 0) is 132 Å². The topological polar surface area (TPSA) is 93.1 Å². The van der Waals surface area contributed by atoms with Gasteiger partial charge in [0.05, 0.1) is 0 Å². The number of hydrogen-bond acceptors (Lipinski definition) is 6. The molecule has 0 aliphatic rings. The standard InChI is InChI=1S/C41H32O6/c1-41(2,31-11-23-37(24-12-31)46-35-19-7-29(8-20-35)39(44)27-3-15-33(42)16-4-27)32-13-25-38(26-14-32)47-36-21-9-30(10-22-36)40(45)28-5-17-34(43)18-6-28/h3-26,42-43H,1-2H3. The van der Waals surface area contributed by atoms with Crippen molar-refractivity contribution in [2.24, 2.45) is 0 Å². The van der Waals surface area contributed by atoms with Crippen molar-refractivity contribution in [1.29, 1.82) is 0 Å². The van der Waals surface area contributed by atoms with E-state index in [0.29, 0.717) is 45.3 Å². The van der Waals surface area contributed by atoms with Crippen molar-refractivity contribution in [2.75, 3.05) is 0 Å². The average molecular weight is 621 g/mol. The average Bonchev–Trinajstić information content (AvgIpc) is 3.09. The van der Waals surface area contributed by atoms with E-state index in [1.165, 1.54) is 24.3 Å². The Balaban J connectivity index is 1.06. The molecule has 0 fully saturated rings. The molecule has 6 aromatic carbocycles. The van der Waals surface area contributed by atoms with Gasteiger partial charge in [-0.2, -0.15) is 0 Å². The van der Waals surface area contributed by atoms with E-state index in [-0.39, 0.29) is 28.5 Å². The monoisotopic (exact) mass is 620 g/mol. The molecule has 0 spiro atoms. The number of ketones is 2. The Kier molecular flexibility index (Phi) is 8.58. The summed E-state index contributed by atoms with van der Waals surface area (Å²) in [5, 5.41) is 18.9. The van der Waals surface area contributed by atoms with Gasteiger partial charge in [0.15, 0.2) is 11.6 Å². The van der Waals surface area contributed by atoms with Crippen molar-refractivity contribution < 1.29 is 29.3 Å². The highest BCUT2D eigenvalue weighted by atomic mass is 16.5. The summed E-state index contributed by atoms with van der Waals surface area (Å²) in [5.74, 6) is 2.58. The highest BCUT2D eigenvalue weighted by Gasteiger charge is 2.23. The third-order valence-corrected chi connectivity index (χ3v) is 8.12. The smallest absolute Gasteiger partial charge is 0.193 e. The lowest BCUT2D eigenvalue weighted by Gasteiger charge is -2.26. The molecular weight excluding hydrogens is 588 g/mol. The fraction of sp³-hybridized carbons (Fsp3) is 0.0732. The van der Waals surface area contributed by atoms with Crippen LogP contribution in [0.4, 0.5) is 0 Å². The lowest BCUT2D eigenvalue weighted by Crippen LogP contribution is -2.18. The molecule has 0 aliphatic carbocycles. The first-order valence-corrected chi connectivity index (χ1v) is 15.1. The second-order valence-corrected chi connectivity index (χ2v) is 11.7. The molecule has 0 heterocycles. The molecule has 6 rings (SSSR count). The van der Waals surface area contributed by atoms with E-state index >= 15 is 0 Å². The predicted octanol–water partition coefficient (Wildman–Crippen LogP) is 9.47. The van der Waals surface area contributed by atoms with E-state index in [9.17, 15) is 19.8 Å². The van der Waals surface area contributed by atoms with E-state index in [1.54, 1.807) is 72.8 Å². The third-order valence-electron chi connectivity index (χ3n) is 8.12. The minimum atomic E-state index is -0.288. The zero-order valence-corrected chi connectivity index (χ0v) is 25.9. The van der Waals surface area contributed by atoms with Crippen LogP contribution in [0.2, 0.25) is 0 Å². The summed E-state index contributed by atoms with van der Waals surface area (Å²) in [7, 11) is 0. The van der Waals surface area contributed by atoms with Gasteiger partial charge in [-0.25, -0.2) is 0 Å². The van der Waals surface area contributed by atoms with E-state index in [4.69, 9.17) is 9.47 Å². The molecule has 0 unspecified atom stereocenters. The lowest BCUT2D eigenvalue weighted by atomic mass is 9.78. The van der Waals surface area contributed by atoms with Crippen molar-refractivity contribution in [3.8, 4) is 34.5 Å². The van der Waals surface area contributed by atoms with Crippen molar-refractivity contribution in [2.45, 2.75) is 19.3 Å². The minimum absolute atomic E-state index is 0.117. The van der Waals surface area contributed by atoms with Crippen LogP contribution in [0.1, 0.15) is 56.8 Å². The van der Waals surface area contributed by atoms with Gasteiger partial charge in [-0.3, -0.25) is 9.59 Å². The number of phenolic OH excluding ortho intramolecular Hbond substituents is 2. The summed E-state index contributed by atoms with van der Waals surface area (Å²) in [6.07, 6.45) is 0. The van der Waals surface area contributed by atoms with E-state index in [0.717, 1.165) is 11.1 Å². The van der Waals surface area contributed by atoms with Crippen LogP contribution in [-0.4, -0.2) is 21.8 Å². The Bertz CT molecular complexity index is 1840. The first-order valence-electron chi connectivity index (χ1n) is 15.1. The van der Waals surface area contributed by atoms with Crippen molar-refractivity contribution in [1.82, 2.24) is 0 Å². The molecule has 0 aliphatic heterocycles. The Labute approximate surface area is 273 Å². The van der Waals surface area contributed by atoms with Crippen LogP contribution >= 0.6 is 0 Å². The fourth-order valence-electron chi connectivity index (χ4n) is 5.23. The van der Waals surface area contributed by atoms with Gasteiger partial charge in [0.2, 0.25) is 0 Å². The van der Waals surface area contributed by atoms with Crippen molar-refractivity contribution in [3.05, 3.63) is 179 Å². The van der Waals surface area contributed by atoms with Crippen molar-refractivity contribution in [3.63, 3.8) is 0 Å². The van der Waals surface area contributed by atoms with E-state index < -0.39 is 0 Å². The zero-order valence-electron chi connectivity index (χ0n) is 25.9. The van der Waals surface area contributed by atoms with E-state index in [2.05, 4.69) is 13.8 Å². The molecule has 0 amide bonds. The highest BCUT2D eigenvalue weighted by molar-refractivity contribution is 6.09. The second kappa shape index (κ2) is 13.1. The molecule has 6 nitrogen and oxygen atoms in total. The molecule has 0 aromatic heterocycles. The Morgan fingerprint density at radius 3 is 0.915 bits per heavy atom. The summed E-state index contributed by atoms with van der Waals surface area (Å²) in [4.78, 5) is 25.4. The normalized spacial score (nSPS) is 11.1. The molecule has 2 N–H and O–H groups in total. The maximum absolute atomic E-state index is 12.7. The number of phenols is 2. The molecule has 0 atom stereocenters. The van der Waals surface area contributed by atoms with Gasteiger partial charge < -0.3 is 19.7 Å². The van der Waals surface area contributed by atoms with E-state index in [1.807, 2.05) is 48.5 Å². The van der Waals surface area contributed by atoms with Crippen LogP contribution in [0, 0.1) is 0 Å². The number of ether oxygens (including phenoxy) is 2. The zero-order chi connectivity index (χ0) is 33.0. The van der Waals surface area contributed by atoms with Crippen LogP contribution in [0.25, 0.3) is 0 Å². The number of rotatable bonds is 10. The predicted molar refractivity (Wildman–Crippen MR) is 181 cm³/mol. The van der Waals surface area contributed by atoms with Crippen molar-refractivity contribution >= 4 is 11.6 Å². The summed E-state index contributed by atoms with van der Waals surface area (Å²) in [6, 6.07) is 42.2. The molecule has 0 bridgehead atoms. The van der Waals surface area contributed by atoms with Gasteiger partial charge in [0, 0.05) is 27.7 Å². The summed E-state index contributed by atoms with van der Waals surface area (Å²) in [5.41, 5.74) is 4.02. The molecule has 0 saturated carbocycles. The van der Waals surface area contributed by atoms with Crippen LogP contribution in [0.3, 0.4) is 0 Å². The summed E-state index contributed by atoms with van der Waals surface area (Å²) < 4.78 is 12.1. The number of hydrogen-bond donors (Lipinski definition) is 2. The highest BCUT2D eigenvalue weighted by Crippen LogP contribution is 2.35. The SMILES string of the molecule is CC(C)(c1ccc(Oc2ccc(C(=O)c3ccc(O)cc3)cc2)cc1)c1ccc(Oc2ccc(C(=O)c3ccc(O)cc3)cc2)cc1. The largest absolute Gasteiger partial charge is 0.508 e. The molecule has 0 radical (unpaired) electrons. The second-order valence-electron chi connectivity index (χ2n) is 11.7. The van der Waals surface area contributed by atoms with Crippen LogP contribution < -0.4 is 9.47 Å². The Morgan fingerprint density at radius 1 is 0.404 bits per heavy atom. The first-order chi connectivity index (χ1) is 22.7. The van der Waals surface area contributed by atoms with Crippen LogP contribution in [0.15, 0.2) is 146 Å². The molecule has 232 valence electrons. The molecule has 6 heteroatoms. The van der Waals surface area contributed by atoms with Gasteiger partial charge in [0.1, 0.15) is 34.5 Å². The number of benzene rings is 6. The maximum atomic E-state index is 12.7. The lowest BCUT2D eigenvalue weighted by molar-refractivity contribution is 0.103. The number of carbonyl (C=O) groups excluding carboxylic acids is 2. The molecular formula is C41H32O6. The Morgan fingerprint density at radius 2 is 0.638 bits per heavy atom. The fourth-order valence-corrected chi connectivity index (χ4v) is 5.23. The Hall–Kier alpha value is -6.14. The quantitative estimate of drug-likeness (QED) is 0.148. The van der Waals surface area contributed by atoms with Crippen LogP contribution in [-0.2, 0) is 5.41 Å². The number of carbonyl (C=O) groups is 2. The molecule has 0 saturated heterocycles. The van der Waals surface area contributed by atoms with Crippen LogP contribution in [0.5, 0.6) is 34.5 Å². The van der Waals surface area contributed by atoms with Gasteiger partial charge >= 0.3 is 0 Å². The van der Waals surface area contributed by atoms with Gasteiger partial charge in [0.25, 0.3) is 0 Å². The minimum Gasteiger partial charge on any atom is -0.508 e. The van der Waals surface area contributed by atoms with Gasteiger partial charge in [-0.15, -0.1) is 0 Å². The molecule has 47 heavy (non-hydrogen) atoms. The first kappa shape index (κ1) is 30.9. The molecule has 6 aromatic rings. The number of aromatic hydroxyl groups is 2.